The van der Waals surface area contributed by atoms with Gasteiger partial charge in [-0.15, -0.1) is 6.58 Å². The number of rotatable bonds is 11. The maximum atomic E-state index is 11.6. The number of carbonyl (C=O) groups excluding carboxylic acids is 2. The molecule has 0 fully saturated rings. The van der Waals surface area contributed by atoms with Gasteiger partial charge in [-0.2, -0.15) is 0 Å². The summed E-state index contributed by atoms with van der Waals surface area (Å²) in [6.45, 7) is 9.83. The van der Waals surface area contributed by atoms with Gasteiger partial charge in [0.05, 0.1) is 18.6 Å². The number of alkyl carbamates (subject to hydrolysis) is 1. The summed E-state index contributed by atoms with van der Waals surface area (Å²) < 4.78 is 15.9. The van der Waals surface area contributed by atoms with E-state index in [0.29, 0.717) is 25.5 Å². The van der Waals surface area contributed by atoms with Crippen molar-refractivity contribution in [1.29, 1.82) is 0 Å². The predicted molar refractivity (Wildman–Crippen MR) is 109 cm³/mol. The Morgan fingerprint density at radius 3 is 2.75 bits per heavy atom. The van der Waals surface area contributed by atoms with E-state index in [-0.39, 0.29) is 12.0 Å². The van der Waals surface area contributed by atoms with Crippen LogP contribution in [0.1, 0.15) is 40.0 Å². The van der Waals surface area contributed by atoms with E-state index < -0.39 is 17.6 Å². The van der Waals surface area contributed by atoms with Crippen LogP contribution in [0.4, 0.5) is 4.79 Å². The number of hydrogen-bond acceptors (Lipinski definition) is 6. The Hall–Kier alpha value is -2.57. The van der Waals surface area contributed by atoms with Crippen LogP contribution in [-0.2, 0) is 19.0 Å². The van der Waals surface area contributed by atoms with Crippen molar-refractivity contribution in [1.82, 2.24) is 5.32 Å². The lowest BCUT2D eigenvalue weighted by molar-refractivity contribution is -0.150. The van der Waals surface area contributed by atoms with Crippen LogP contribution in [-0.4, -0.2) is 50.4 Å². The van der Waals surface area contributed by atoms with Crippen LogP contribution in [0.2, 0.25) is 0 Å². The molecule has 0 saturated heterocycles. The van der Waals surface area contributed by atoms with Crippen molar-refractivity contribution < 1.29 is 23.8 Å². The summed E-state index contributed by atoms with van der Waals surface area (Å²) in [5.74, 6) is 0.239. The number of aliphatic imine (C=N–C) groups is 1. The molecule has 0 saturated carbocycles. The maximum absolute atomic E-state index is 11.6. The molecule has 2 atom stereocenters. The van der Waals surface area contributed by atoms with Crippen molar-refractivity contribution in [3.8, 4) is 0 Å². The van der Waals surface area contributed by atoms with Crippen molar-refractivity contribution >= 4 is 18.0 Å². The molecule has 28 heavy (non-hydrogen) atoms. The number of amides is 1. The molecule has 156 valence electrons. The Balaban J connectivity index is 2.73. The molecule has 1 aliphatic heterocycles. The van der Waals surface area contributed by atoms with Crippen LogP contribution in [0.15, 0.2) is 42.0 Å². The zero-order valence-corrected chi connectivity index (χ0v) is 17.3. The van der Waals surface area contributed by atoms with Gasteiger partial charge in [-0.25, -0.2) is 9.79 Å². The lowest BCUT2D eigenvalue weighted by Gasteiger charge is -2.32. The van der Waals surface area contributed by atoms with E-state index in [1.54, 1.807) is 6.08 Å². The third-order valence-corrected chi connectivity index (χ3v) is 4.32. The van der Waals surface area contributed by atoms with Crippen molar-refractivity contribution in [3.63, 3.8) is 0 Å². The van der Waals surface area contributed by atoms with Gasteiger partial charge in [-0.05, 0) is 26.7 Å². The zero-order valence-electron chi connectivity index (χ0n) is 17.3. The van der Waals surface area contributed by atoms with Crippen LogP contribution < -0.4 is 5.32 Å². The molecule has 0 aromatic rings. The van der Waals surface area contributed by atoms with Gasteiger partial charge in [0.15, 0.2) is 5.90 Å². The van der Waals surface area contributed by atoms with Gasteiger partial charge in [-0.1, -0.05) is 30.4 Å². The van der Waals surface area contributed by atoms with E-state index >= 15 is 0 Å². The summed E-state index contributed by atoms with van der Waals surface area (Å²) in [6.07, 6.45) is 10.8. The fourth-order valence-electron chi connectivity index (χ4n) is 2.68. The van der Waals surface area contributed by atoms with E-state index in [9.17, 15) is 9.59 Å². The Morgan fingerprint density at radius 1 is 1.36 bits per heavy atom. The summed E-state index contributed by atoms with van der Waals surface area (Å²) >= 11 is 0. The lowest BCUT2D eigenvalue weighted by Crippen LogP contribution is -2.40. The molecule has 0 bridgehead atoms. The first-order valence-electron chi connectivity index (χ1n) is 9.42. The normalized spacial score (nSPS) is 17.9. The first-order chi connectivity index (χ1) is 13.3. The predicted octanol–water partition coefficient (Wildman–Crippen LogP) is 3.57. The molecule has 0 radical (unpaired) electrons. The topological polar surface area (TPSA) is 86.2 Å². The second kappa shape index (κ2) is 12.0. The lowest BCUT2D eigenvalue weighted by atomic mass is 9.84. The zero-order chi connectivity index (χ0) is 21.0. The molecule has 1 aliphatic rings. The highest BCUT2D eigenvalue weighted by molar-refractivity contribution is 5.84. The minimum atomic E-state index is -0.578. The number of hydrogen-bond donors (Lipinski definition) is 1. The number of nitrogens with one attached hydrogen (secondary N) is 1. The molecule has 1 heterocycles. The van der Waals surface area contributed by atoms with E-state index in [2.05, 4.69) is 28.8 Å². The van der Waals surface area contributed by atoms with E-state index in [0.717, 1.165) is 12.8 Å². The van der Waals surface area contributed by atoms with Crippen molar-refractivity contribution in [2.75, 3.05) is 20.3 Å². The Bertz CT molecular complexity index is 622. The first-order valence-corrected chi connectivity index (χ1v) is 9.42. The summed E-state index contributed by atoms with van der Waals surface area (Å²) in [5, 5.41) is 2.56. The Morgan fingerprint density at radius 2 is 2.11 bits per heavy atom. The minimum Gasteiger partial charge on any atom is -0.478 e. The van der Waals surface area contributed by atoms with Crippen molar-refractivity contribution in [2.24, 2.45) is 10.4 Å². The molecule has 7 nitrogen and oxygen atoms in total. The van der Waals surface area contributed by atoms with Crippen LogP contribution in [0.25, 0.3) is 0 Å². The highest BCUT2D eigenvalue weighted by atomic mass is 16.5. The van der Waals surface area contributed by atoms with Crippen LogP contribution in [0.5, 0.6) is 0 Å². The summed E-state index contributed by atoms with van der Waals surface area (Å²) in [7, 11) is 1.31. The van der Waals surface area contributed by atoms with Crippen LogP contribution in [0.3, 0.4) is 0 Å². The van der Waals surface area contributed by atoms with E-state index in [4.69, 9.17) is 14.5 Å². The fraction of sp³-hybridized carbons (Fsp3) is 0.571. The average Bonchev–Trinajstić information content (AvgIpc) is 3.13. The van der Waals surface area contributed by atoms with Crippen molar-refractivity contribution in [3.05, 3.63) is 37.0 Å². The summed E-state index contributed by atoms with van der Waals surface area (Å²) in [5.41, 5.74) is -0.578. The molecule has 0 spiro atoms. The van der Waals surface area contributed by atoms with Gasteiger partial charge in [-0.3, -0.25) is 4.79 Å². The molecule has 7 heteroatoms. The maximum Gasteiger partial charge on any atom is 0.407 e. The van der Waals surface area contributed by atoms with E-state index in [1.165, 1.54) is 14.0 Å². The Labute approximate surface area is 167 Å². The number of allylic oxidation sites excluding steroid dienone is 2. The van der Waals surface area contributed by atoms with Gasteiger partial charge in [0.25, 0.3) is 0 Å². The van der Waals surface area contributed by atoms with Crippen LogP contribution in [0, 0.1) is 5.41 Å². The van der Waals surface area contributed by atoms with E-state index in [1.807, 2.05) is 26.0 Å². The van der Waals surface area contributed by atoms with Crippen molar-refractivity contribution in [2.45, 2.75) is 52.2 Å². The average molecular weight is 392 g/mol. The number of carbonyl (C=O) groups is 2. The molecule has 0 aromatic heterocycles. The third kappa shape index (κ3) is 7.98. The smallest absolute Gasteiger partial charge is 0.407 e. The van der Waals surface area contributed by atoms with Gasteiger partial charge < -0.3 is 19.5 Å². The molecule has 1 unspecified atom stereocenters. The quantitative estimate of drug-likeness (QED) is 0.429. The first kappa shape index (κ1) is 23.5. The molecule has 0 aromatic carbocycles. The highest BCUT2D eigenvalue weighted by Crippen LogP contribution is 2.32. The summed E-state index contributed by atoms with van der Waals surface area (Å²) in [6, 6.07) is 0.0631. The highest BCUT2D eigenvalue weighted by Gasteiger charge is 2.40. The third-order valence-electron chi connectivity index (χ3n) is 4.32. The summed E-state index contributed by atoms with van der Waals surface area (Å²) in [4.78, 5) is 27.3. The molecule has 1 rings (SSSR count). The van der Waals surface area contributed by atoms with Gasteiger partial charge >= 0.3 is 12.1 Å². The number of esters is 1. The standard InChI is InChI=1S/C21H32N2O5/c1-6-7-8-9-12-17-15-27-19(23-17)21(3,4)18(28-16(2)24)13-10-11-14-22-20(25)26-5/h6,8-11,17-18H,1,7,12-15H2,2-5H3,(H,22,25)/b9-8-,11-10-/t17-,18?/m1/s1. The number of nitrogens with zero attached hydrogens (tertiary/aromatic N) is 1. The second-order valence-corrected chi connectivity index (χ2v) is 7.03. The largest absolute Gasteiger partial charge is 0.478 e. The molecule has 0 aliphatic carbocycles. The molecule has 1 amide bonds. The van der Waals surface area contributed by atoms with Gasteiger partial charge in [0.1, 0.15) is 12.7 Å². The second-order valence-electron chi connectivity index (χ2n) is 7.03. The number of ether oxygens (including phenoxy) is 3. The molecular formula is C21H32N2O5. The molecular weight excluding hydrogens is 360 g/mol. The number of methoxy groups -OCH3 is 1. The minimum absolute atomic E-state index is 0.0631. The fourth-order valence-corrected chi connectivity index (χ4v) is 2.68. The van der Waals surface area contributed by atoms with Crippen LogP contribution >= 0.6 is 0 Å². The van der Waals surface area contributed by atoms with Gasteiger partial charge in [0, 0.05) is 19.9 Å². The Kier molecular flexibility index (Phi) is 10.1. The monoisotopic (exact) mass is 392 g/mol. The SMILES string of the molecule is C=CC/C=C\C[C@@H]1COC(C(C)(C)C(C/C=C\CNC(=O)OC)OC(C)=O)=N1. The molecule has 1 N–H and O–H groups in total. The van der Waals surface area contributed by atoms with Gasteiger partial charge in [0.2, 0.25) is 0 Å².